The summed E-state index contributed by atoms with van der Waals surface area (Å²) in [6.45, 7) is 0. The molecule has 0 N–H and O–H groups in total. The highest BCUT2D eigenvalue weighted by atomic mass is 35.5. The van der Waals surface area contributed by atoms with Gasteiger partial charge >= 0.3 is 5.82 Å². The molecule has 0 aliphatic carbocycles. The van der Waals surface area contributed by atoms with Crippen LogP contribution >= 0.6 is 23.4 Å². The Labute approximate surface area is 167 Å². The largest absolute Gasteiger partial charge is 0.396 e. The third-order valence-electron chi connectivity index (χ3n) is 4.06. The van der Waals surface area contributed by atoms with Crippen molar-refractivity contribution in [3.8, 4) is 5.69 Å². The number of aromatic nitrogens is 4. The number of benzene rings is 2. The third-order valence-corrected chi connectivity index (χ3v) is 5.50. The van der Waals surface area contributed by atoms with Crippen molar-refractivity contribution in [2.24, 2.45) is 7.05 Å². The molecule has 0 unspecified atom stereocenters. The lowest BCUT2D eigenvalue weighted by molar-refractivity contribution is -0.392. The quantitative estimate of drug-likeness (QED) is 0.286. The minimum Gasteiger partial charge on any atom is -0.358 e. The van der Waals surface area contributed by atoms with Crippen molar-refractivity contribution in [2.45, 2.75) is 10.2 Å². The van der Waals surface area contributed by atoms with Crippen LogP contribution in [0.3, 0.4) is 0 Å². The minimum absolute atomic E-state index is 0.253. The van der Waals surface area contributed by atoms with Gasteiger partial charge in [0, 0.05) is 7.05 Å². The summed E-state index contributed by atoms with van der Waals surface area (Å²) >= 11 is 7.31. The second-order valence-electron chi connectivity index (χ2n) is 5.85. The van der Waals surface area contributed by atoms with Crippen molar-refractivity contribution in [3.05, 3.63) is 80.3 Å². The Balaban J connectivity index is 2.02. The summed E-state index contributed by atoms with van der Waals surface area (Å²) in [5.74, 6) is -0.305. The summed E-state index contributed by atoms with van der Waals surface area (Å²) in [5, 5.41) is 12.6. The van der Waals surface area contributed by atoms with Crippen LogP contribution in [0.5, 0.6) is 0 Å². The highest BCUT2D eigenvalue weighted by Crippen LogP contribution is 2.34. The standard InChI is InChI=1S/C18H12ClN5O3S/c1-22-10-20-15(24(26)27)17(22)28-18-21-13-8-4-2-6-11(13)16(25)23(18)14-9-5-3-7-12(14)19/h2-10H,1H3. The number of hydrogen-bond acceptors (Lipinski definition) is 6. The predicted octanol–water partition coefficient (Wildman–Crippen LogP) is 3.83. The number of aryl methyl sites for hydroxylation is 1. The molecule has 0 saturated carbocycles. The van der Waals surface area contributed by atoms with Gasteiger partial charge in [0.15, 0.2) is 10.2 Å². The maximum Gasteiger partial charge on any atom is 0.396 e. The highest BCUT2D eigenvalue weighted by Gasteiger charge is 2.24. The van der Waals surface area contributed by atoms with Gasteiger partial charge in [0.05, 0.1) is 21.6 Å². The van der Waals surface area contributed by atoms with Crippen LogP contribution in [-0.2, 0) is 7.05 Å². The predicted molar refractivity (Wildman–Crippen MR) is 106 cm³/mol. The Kier molecular flexibility index (Phi) is 4.62. The molecule has 8 nitrogen and oxygen atoms in total. The molecule has 4 aromatic rings. The first kappa shape index (κ1) is 18.2. The van der Waals surface area contributed by atoms with Crippen LogP contribution in [0.2, 0.25) is 5.02 Å². The summed E-state index contributed by atoms with van der Waals surface area (Å²) < 4.78 is 2.88. The minimum atomic E-state index is -0.568. The fourth-order valence-electron chi connectivity index (χ4n) is 2.76. The number of halogens is 1. The summed E-state index contributed by atoms with van der Waals surface area (Å²) in [4.78, 5) is 32.4. The van der Waals surface area contributed by atoms with Crippen LogP contribution < -0.4 is 5.56 Å². The lowest BCUT2D eigenvalue weighted by Gasteiger charge is -2.14. The maximum absolute atomic E-state index is 13.2. The van der Waals surface area contributed by atoms with Crippen molar-refractivity contribution in [1.29, 1.82) is 0 Å². The molecule has 4 rings (SSSR count). The van der Waals surface area contributed by atoms with Gasteiger partial charge in [0.1, 0.15) is 0 Å². The van der Waals surface area contributed by atoms with E-state index in [0.717, 1.165) is 11.8 Å². The fraction of sp³-hybridized carbons (Fsp3) is 0.0556. The SMILES string of the molecule is Cn1cnc([N+](=O)[O-])c1Sc1nc2ccccc2c(=O)n1-c1ccccc1Cl. The van der Waals surface area contributed by atoms with Gasteiger partial charge in [-0.3, -0.25) is 9.36 Å². The van der Waals surface area contributed by atoms with Gasteiger partial charge in [-0.15, -0.1) is 0 Å². The molecule has 28 heavy (non-hydrogen) atoms. The topological polar surface area (TPSA) is 95.8 Å². The average molecular weight is 414 g/mol. The van der Waals surface area contributed by atoms with E-state index in [9.17, 15) is 14.9 Å². The van der Waals surface area contributed by atoms with E-state index < -0.39 is 4.92 Å². The van der Waals surface area contributed by atoms with Crippen molar-refractivity contribution in [1.82, 2.24) is 19.1 Å². The molecule has 0 fully saturated rings. The van der Waals surface area contributed by atoms with Crippen molar-refractivity contribution >= 4 is 40.1 Å². The van der Waals surface area contributed by atoms with Crippen LogP contribution in [-0.4, -0.2) is 24.0 Å². The van der Waals surface area contributed by atoms with E-state index in [1.165, 1.54) is 15.5 Å². The summed E-state index contributed by atoms with van der Waals surface area (Å²) in [6, 6.07) is 13.8. The number of para-hydroxylation sites is 2. The average Bonchev–Trinajstić information content (AvgIpc) is 3.04. The van der Waals surface area contributed by atoms with E-state index in [2.05, 4.69) is 9.97 Å². The number of rotatable bonds is 4. The molecule has 2 aromatic heterocycles. The molecule has 0 amide bonds. The van der Waals surface area contributed by atoms with E-state index >= 15 is 0 Å². The van der Waals surface area contributed by atoms with Crippen LogP contribution in [0.1, 0.15) is 0 Å². The molecule has 140 valence electrons. The van der Waals surface area contributed by atoms with Gasteiger partial charge in [-0.25, -0.2) is 4.98 Å². The number of imidazole rings is 1. The van der Waals surface area contributed by atoms with E-state index in [1.54, 1.807) is 55.6 Å². The molecule has 10 heteroatoms. The zero-order valence-corrected chi connectivity index (χ0v) is 16.0. The third kappa shape index (κ3) is 3.04. The summed E-state index contributed by atoms with van der Waals surface area (Å²) in [7, 11) is 1.64. The first-order valence-corrected chi connectivity index (χ1v) is 9.27. The van der Waals surface area contributed by atoms with Crippen molar-refractivity contribution in [3.63, 3.8) is 0 Å². The van der Waals surface area contributed by atoms with Crippen LogP contribution in [0.4, 0.5) is 5.82 Å². The normalized spacial score (nSPS) is 11.1. The highest BCUT2D eigenvalue weighted by molar-refractivity contribution is 7.99. The molecule has 0 atom stereocenters. The summed E-state index contributed by atoms with van der Waals surface area (Å²) in [5.41, 5.74) is 0.619. The molecule has 2 aromatic carbocycles. The number of nitrogens with zero attached hydrogens (tertiary/aromatic N) is 5. The van der Waals surface area contributed by atoms with Crippen LogP contribution in [0, 0.1) is 10.1 Å². The van der Waals surface area contributed by atoms with Crippen molar-refractivity contribution in [2.75, 3.05) is 0 Å². The van der Waals surface area contributed by atoms with Gasteiger partial charge < -0.3 is 14.7 Å². The Hall–Kier alpha value is -3.17. The van der Waals surface area contributed by atoms with Gasteiger partial charge in [0.2, 0.25) is 6.33 Å². The molecule has 0 radical (unpaired) electrons. The first-order chi connectivity index (χ1) is 13.5. The molecule has 0 spiro atoms. The summed E-state index contributed by atoms with van der Waals surface area (Å²) in [6.07, 6.45) is 1.35. The van der Waals surface area contributed by atoms with Crippen molar-refractivity contribution < 1.29 is 4.92 Å². The van der Waals surface area contributed by atoms with Gasteiger partial charge in [-0.1, -0.05) is 35.9 Å². The van der Waals surface area contributed by atoms with E-state index in [1.807, 2.05) is 0 Å². The van der Waals surface area contributed by atoms with Gasteiger partial charge in [-0.05, 0) is 45.9 Å². The zero-order chi connectivity index (χ0) is 19.8. The molecular weight excluding hydrogens is 402 g/mol. The number of nitro groups is 1. The van der Waals surface area contributed by atoms with Gasteiger partial charge in [0.25, 0.3) is 5.56 Å². The molecule has 0 aliphatic heterocycles. The zero-order valence-electron chi connectivity index (χ0n) is 14.4. The fourth-order valence-corrected chi connectivity index (χ4v) is 3.98. The second-order valence-corrected chi connectivity index (χ2v) is 7.21. The molecule has 2 heterocycles. The molecular formula is C18H12ClN5O3S. The molecule has 0 saturated heterocycles. The monoisotopic (exact) mass is 413 g/mol. The Morgan fingerprint density at radius 2 is 1.86 bits per heavy atom. The Bertz CT molecular complexity index is 1280. The molecule has 0 bridgehead atoms. The van der Waals surface area contributed by atoms with E-state index in [4.69, 9.17) is 11.6 Å². The van der Waals surface area contributed by atoms with E-state index in [-0.39, 0.29) is 21.6 Å². The number of fused-ring (bicyclic) bond motifs is 1. The van der Waals surface area contributed by atoms with Crippen LogP contribution in [0.25, 0.3) is 16.6 Å². The Morgan fingerprint density at radius 1 is 1.14 bits per heavy atom. The smallest absolute Gasteiger partial charge is 0.358 e. The van der Waals surface area contributed by atoms with Gasteiger partial charge in [-0.2, -0.15) is 0 Å². The first-order valence-electron chi connectivity index (χ1n) is 8.07. The maximum atomic E-state index is 13.2. The Morgan fingerprint density at radius 3 is 2.61 bits per heavy atom. The second kappa shape index (κ2) is 7.10. The number of hydrogen-bond donors (Lipinski definition) is 0. The van der Waals surface area contributed by atoms with Crippen LogP contribution in [0.15, 0.2) is 69.8 Å². The lowest BCUT2D eigenvalue weighted by Crippen LogP contribution is -2.22. The van der Waals surface area contributed by atoms with E-state index in [0.29, 0.717) is 21.6 Å². The molecule has 0 aliphatic rings. The lowest BCUT2D eigenvalue weighted by atomic mass is 10.2.